The second-order valence-corrected chi connectivity index (χ2v) is 5.44. The Bertz CT molecular complexity index is 496. The molecule has 0 fully saturated rings. The topological polar surface area (TPSA) is 38.9 Å². The van der Waals surface area contributed by atoms with Gasteiger partial charge in [-0.1, -0.05) is 0 Å². The Balaban J connectivity index is 2.02. The SMILES string of the molecule is Cc1nc(CSc2ccc(N)c(F)c2)cs1. The van der Waals surface area contributed by atoms with Gasteiger partial charge >= 0.3 is 0 Å². The van der Waals surface area contributed by atoms with Crippen LogP contribution in [0.25, 0.3) is 0 Å². The van der Waals surface area contributed by atoms with Crippen LogP contribution < -0.4 is 5.73 Å². The van der Waals surface area contributed by atoms with Crippen molar-refractivity contribution < 1.29 is 4.39 Å². The summed E-state index contributed by atoms with van der Waals surface area (Å²) in [5, 5.41) is 3.08. The first kappa shape index (κ1) is 11.4. The van der Waals surface area contributed by atoms with Crippen LogP contribution in [0.4, 0.5) is 10.1 Å². The molecule has 0 bridgehead atoms. The number of nitrogens with two attached hydrogens (primary N) is 1. The van der Waals surface area contributed by atoms with Crippen molar-refractivity contribution in [1.82, 2.24) is 4.98 Å². The summed E-state index contributed by atoms with van der Waals surface area (Å²) < 4.78 is 13.2. The zero-order valence-electron chi connectivity index (χ0n) is 8.74. The Kier molecular flexibility index (Phi) is 3.46. The zero-order chi connectivity index (χ0) is 11.5. The molecule has 84 valence electrons. The maximum atomic E-state index is 13.2. The van der Waals surface area contributed by atoms with E-state index in [9.17, 15) is 4.39 Å². The summed E-state index contributed by atoms with van der Waals surface area (Å²) in [5.41, 5.74) is 6.63. The van der Waals surface area contributed by atoms with Gasteiger partial charge in [-0.3, -0.25) is 0 Å². The molecule has 2 nitrogen and oxygen atoms in total. The van der Waals surface area contributed by atoms with E-state index >= 15 is 0 Å². The summed E-state index contributed by atoms with van der Waals surface area (Å²) in [6, 6.07) is 4.87. The van der Waals surface area contributed by atoms with Crippen molar-refractivity contribution in [3.8, 4) is 0 Å². The van der Waals surface area contributed by atoms with E-state index < -0.39 is 0 Å². The van der Waals surface area contributed by atoms with E-state index in [0.29, 0.717) is 0 Å². The number of anilines is 1. The number of nitrogen functional groups attached to an aromatic ring is 1. The molecule has 16 heavy (non-hydrogen) atoms. The maximum absolute atomic E-state index is 13.2. The molecule has 1 aromatic carbocycles. The van der Waals surface area contributed by atoms with Crippen LogP contribution in [0.2, 0.25) is 0 Å². The van der Waals surface area contributed by atoms with Crippen LogP contribution in [0.15, 0.2) is 28.5 Å². The van der Waals surface area contributed by atoms with Gasteiger partial charge in [0.05, 0.1) is 16.4 Å². The molecule has 1 heterocycles. The lowest BCUT2D eigenvalue weighted by atomic mass is 10.3. The van der Waals surface area contributed by atoms with Gasteiger partial charge in [0.1, 0.15) is 5.82 Å². The van der Waals surface area contributed by atoms with Gasteiger partial charge in [-0.2, -0.15) is 0 Å². The molecular weight excluding hydrogens is 243 g/mol. The first-order chi connectivity index (χ1) is 7.65. The van der Waals surface area contributed by atoms with E-state index in [4.69, 9.17) is 5.73 Å². The molecular formula is C11H11FN2S2. The minimum Gasteiger partial charge on any atom is -0.396 e. The van der Waals surface area contributed by atoms with Crippen molar-refractivity contribution in [2.75, 3.05) is 5.73 Å². The number of rotatable bonds is 3. The average Bonchev–Trinajstić information content (AvgIpc) is 2.66. The number of nitrogens with zero attached hydrogens (tertiary/aromatic N) is 1. The van der Waals surface area contributed by atoms with E-state index in [1.54, 1.807) is 29.2 Å². The van der Waals surface area contributed by atoms with Crippen LogP contribution in [-0.2, 0) is 5.75 Å². The molecule has 0 spiro atoms. The van der Waals surface area contributed by atoms with Gasteiger partial charge in [0, 0.05) is 16.0 Å². The smallest absolute Gasteiger partial charge is 0.147 e. The van der Waals surface area contributed by atoms with Gasteiger partial charge in [0.2, 0.25) is 0 Å². The van der Waals surface area contributed by atoms with Gasteiger partial charge in [0.15, 0.2) is 0 Å². The number of aromatic nitrogens is 1. The van der Waals surface area contributed by atoms with Crippen molar-refractivity contribution in [2.45, 2.75) is 17.6 Å². The Morgan fingerprint density at radius 3 is 2.94 bits per heavy atom. The zero-order valence-corrected chi connectivity index (χ0v) is 10.4. The van der Waals surface area contributed by atoms with Crippen molar-refractivity contribution >= 4 is 28.8 Å². The predicted octanol–water partition coefficient (Wildman–Crippen LogP) is 3.47. The third-order valence-corrected chi connectivity index (χ3v) is 3.87. The van der Waals surface area contributed by atoms with Crippen LogP contribution in [-0.4, -0.2) is 4.98 Å². The number of benzene rings is 1. The molecule has 0 radical (unpaired) electrons. The number of aryl methyl sites for hydroxylation is 1. The van der Waals surface area contributed by atoms with Crippen LogP contribution in [0.3, 0.4) is 0 Å². The second kappa shape index (κ2) is 4.84. The summed E-state index contributed by atoms with van der Waals surface area (Å²) in [6.07, 6.45) is 0. The first-order valence-corrected chi connectivity index (χ1v) is 6.60. The third kappa shape index (κ3) is 2.74. The van der Waals surface area contributed by atoms with Gasteiger partial charge in [0.25, 0.3) is 0 Å². The molecule has 0 aliphatic rings. The van der Waals surface area contributed by atoms with Crippen molar-refractivity contribution in [3.05, 3.63) is 40.1 Å². The molecule has 0 atom stereocenters. The lowest BCUT2D eigenvalue weighted by Gasteiger charge is -2.01. The average molecular weight is 254 g/mol. The summed E-state index contributed by atoms with van der Waals surface area (Å²) in [5.74, 6) is 0.396. The summed E-state index contributed by atoms with van der Waals surface area (Å²) in [6.45, 7) is 1.97. The van der Waals surface area contributed by atoms with E-state index in [1.807, 2.05) is 18.4 Å². The molecule has 0 aliphatic heterocycles. The number of thioether (sulfide) groups is 1. The standard InChI is InChI=1S/C11H11FN2S2/c1-7-14-8(5-15-7)6-16-9-2-3-11(13)10(12)4-9/h2-5H,6,13H2,1H3. The highest BCUT2D eigenvalue weighted by atomic mass is 32.2. The van der Waals surface area contributed by atoms with Gasteiger partial charge in [-0.15, -0.1) is 23.1 Å². The summed E-state index contributed by atoms with van der Waals surface area (Å²) in [4.78, 5) is 5.22. The number of hydrogen-bond donors (Lipinski definition) is 1. The van der Waals surface area contributed by atoms with Crippen LogP contribution in [0.5, 0.6) is 0 Å². The number of hydrogen-bond acceptors (Lipinski definition) is 4. The maximum Gasteiger partial charge on any atom is 0.147 e. The molecule has 0 aliphatic carbocycles. The van der Waals surface area contributed by atoms with E-state index in [1.165, 1.54) is 6.07 Å². The summed E-state index contributed by atoms with van der Waals surface area (Å²) in [7, 11) is 0. The Morgan fingerprint density at radius 1 is 1.50 bits per heavy atom. The number of thiazole rings is 1. The molecule has 0 saturated heterocycles. The molecule has 0 amide bonds. The van der Waals surface area contributed by atoms with Crippen LogP contribution in [0.1, 0.15) is 10.7 Å². The Morgan fingerprint density at radius 2 is 2.31 bits per heavy atom. The molecule has 1 aromatic heterocycles. The monoisotopic (exact) mass is 254 g/mol. The van der Waals surface area contributed by atoms with E-state index in [0.717, 1.165) is 21.3 Å². The highest BCUT2D eigenvalue weighted by Crippen LogP contribution is 2.25. The quantitative estimate of drug-likeness (QED) is 0.673. The molecule has 0 saturated carbocycles. The summed E-state index contributed by atoms with van der Waals surface area (Å²) >= 11 is 3.18. The van der Waals surface area contributed by atoms with E-state index in [2.05, 4.69) is 4.98 Å². The fourth-order valence-electron chi connectivity index (χ4n) is 1.23. The Hall–Kier alpha value is -1.07. The van der Waals surface area contributed by atoms with Gasteiger partial charge < -0.3 is 5.73 Å². The highest BCUT2D eigenvalue weighted by molar-refractivity contribution is 7.98. The van der Waals surface area contributed by atoms with Crippen molar-refractivity contribution in [2.24, 2.45) is 0 Å². The van der Waals surface area contributed by atoms with E-state index in [-0.39, 0.29) is 11.5 Å². The molecule has 2 N–H and O–H groups in total. The lowest BCUT2D eigenvalue weighted by Crippen LogP contribution is -1.90. The fourth-order valence-corrected chi connectivity index (χ4v) is 2.76. The molecule has 2 rings (SSSR count). The third-order valence-electron chi connectivity index (χ3n) is 2.03. The lowest BCUT2D eigenvalue weighted by molar-refractivity contribution is 0.629. The second-order valence-electron chi connectivity index (χ2n) is 3.33. The van der Waals surface area contributed by atoms with Crippen LogP contribution in [0, 0.1) is 12.7 Å². The minimum absolute atomic E-state index is 0.189. The van der Waals surface area contributed by atoms with Crippen molar-refractivity contribution in [3.63, 3.8) is 0 Å². The predicted molar refractivity (Wildman–Crippen MR) is 67.2 cm³/mol. The van der Waals surface area contributed by atoms with Crippen molar-refractivity contribution in [1.29, 1.82) is 0 Å². The van der Waals surface area contributed by atoms with Gasteiger partial charge in [-0.25, -0.2) is 9.37 Å². The number of halogens is 1. The molecule has 0 unspecified atom stereocenters. The molecule has 2 aromatic rings. The minimum atomic E-state index is -0.362. The van der Waals surface area contributed by atoms with Crippen LogP contribution >= 0.6 is 23.1 Å². The fraction of sp³-hybridized carbons (Fsp3) is 0.182. The highest BCUT2D eigenvalue weighted by Gasteiger charge is 2.03. The first-order valence-electron chi connectivity index (χ1n) is 4.74. The molecule has 5 heteroatoms. The van der Waals surface area contributed by atoms with Gasteiger partial charge in [-0.05, 0) is 25.1 Å². The normalized spacial score (nSPS) is 10.6. The largest absolute Gasteiger partial charge is 0.396 e. The Labute approximate surface area is 102 Å².